The Bertz CT molecular complexity index is 144. The predicted octanol–water partition coefficient (Wildman–Crippen LogP) is 2.40. The third-order valence-corrected chi connectivity index (χ3v) is 3.03. The van der Waals surface area contributed by atoms with Crippen LogP contribution in [0.5, 0.6) is 0 Å². The molecule has 0 rings (SSSR count). The molecule has 1 atom stereocenters. The van der Waals surface area contributed by atoms with Crippen molar-refractivity contribution in [3.63, 3.8) is 0 Å². The third kappa shape index (κ3) is 3.04. The second kappa shape index (κ2) is 4.53. The minimum atomic E-state index is -2.82. The maximum absolute atomic E-state index is 11.3. The van der Waals surface area contributed by atoms with E-state index in [1.54, 1.807) is 0 Å². The minimum absolute atomic E-state index is 0.440. The van der Waals surface area contributed by atoms with E-state index in [0.717, 1.165) is 12.7 Å². The first-order valence-corrected chi connectivity index (χ1v) is 4.85. The van der Waals surface area contributed by atoms with E-state index in [1.165, 1.54) is 7.11 Å². The molecule has 0 fully saturated rings. The van der Waals surface area contributed by atoms with Gasteiger partial charge in [-0.15, -0.1) is 0 Å². The second-order valence-electron chi connectivity index (χ2n) is 1.79. The summed E-state index contributed by atoms with van der Waals surface area (Å²) >= 11 is 0. The molecule has 0 bridgehead atoms. The summed E-state index contributed by atoms with van der Waals surface area (Å²) in [7, 11) is -1.44. The first-order chi connectivity index (χ1) is 4.68. The van der Waals surface area contributed by atoms with Gasteiger partial charge in [0.15, 0.2) is 0 Å². The maximum atomic E-state index is 11.3. The smallest absolute Gasteiger partial charge is 0.378 e. The molecule has 60 valence electrons. The van der Waals surface area contributed by atoms with Gasteiger partial charge in [-0.1, -0.05) is 13.5 Å². The lowest BCUT2D eigenvalue weighted by Crippen LogP contribution is -1.91. The normalized spacial score (nSPS) is 15.8. The molecule has 10 heavy (non-hydrogen) atoms. The van der Waals surface area contributed by atoms with Crippen LogP contribution in [-0.4, -0.2) is 13.3 Å². The Balaban J connectivity index is 3.94. The summed E-state index contributed by atoms with van der Waals surface area (Å²) in [5.74, 6) is 0. The van der Waals surface area contributed by atoms with Crippen molar-refractivity contribution in [2.45, 2.75) is 13.3 Å². The van der Waals surface area contributed by atoms with Gasteiger partial charge in [0.05, 0.1) is 12.4 Å². The molecule has 0 saturated carbocycles. The Labute approximate surface area is 61.6 Å². The zero-order valence-corrected chi connectivity index (χ0v) is 7.27. The highest BCUT2D eigenvalue weighted by Gasteiger charge is 2.19. The van der Waals surface area contributed by atoms with Gasteiger partial charge in [-0.05, 0) is 6.42 Å². The Morgan fingerprint density at radius 3 is 2.60 bits per heavy atom. The van der Waals surface area contributed by atoms with Crippen LogP contribution in [0.15, 0.2) is 12.8 Å². The van der Waals surface area contributed by atoms with Crippen LogP contribution < -0.4 is 0 Å². The van der Waals surface area contributed by atoms with Crippen molar-refractivity contribution in [3.05, 3.63) is 12.8 Å². The number of hydrogen-bond donors (Lipinski definition) is 0. The van der Waals surface area contributed by atoms with Crippen molar-refractivity contribution in [2.24, 2.45) is 0 Å². The van der Waals surface area contributed by atoms with Crippen LogP contribution in [0.25, 0.3) is 0 Å². The van der Waals surface area contributed by atoms with Gasteiger partial charge in [0.2, 0.25) is 0 Å². The van der Waals surface area contributed by atoms with Crippen molar-refractivity contribution in [1.82, 2.24) is 0 Å². The molecule has 0 spiro atoms. The largest absolute Gasteiger partial charge is 0.433 e. The molecular weight excluding hydrogens is 151 g/mol. The Hall–Kier alpha value is -0.270. The van der Waals surface area contributed by atoms with Crippen LogP contribution in [0.2, 0.25) is 0 Å². The zero-order chi connectivity index (χ0) is 8.04. The Morgan fingerprint density at radius 1 is 1.70 bits per heavy atom. The molecule has 0 N–H and O–H groups in total. The van der Waals surface area contributed by atoms with Crippen molar-refractivity contribution in [3.8, 4) is 0 Å². The Kier molecular flexibility index (Phi) is 4.41. The van der Waals surface area contributed by atoms with E-state index in [4.69, 9.17) is 4.52 Å². The molecule has 3 nitrogen and oxygen atoms in total. The average molecular weight is 164 g/mol. The van der Waals surface area contributed by atoms with E-state index in [-0.39, 0.29) is 0 Å². The summed E-state index contributed by atoms with van der Waals surface area (Å²) in [5.41, 5.74) is 0. The molecule has 0 aromatic heterocycles. The van der Waals surface area contributed by atoms with Crippen molar-refractivity contribution in [1.29, 1.82) is 0 Å². The fourth-order valence-electron chi connectivity index (χ4n) is 0.574. The van der Waals surface area contributed by atoms with Gasteiger partial charge in [-0.25, -0.2) is 4.57 Å². The van der Waals surface area contributed by atoms with Crippen LogP contribution in [-0.2, 0) is 13.6 Å². The minimum Gasteiger partial charge on any atom is -0.433 e. The van der Waals surface area contributed by atoms with E-state index >= 15 is 0 Å². The number of hydrogen-bond acceptors (Lipinski definition) is 3. The SMILES string of the molecule is C=COP(=O)(CCC)OC. The van der Waals surface area contributed by atoms with Gasteiger partial charge in [-0.3, -0.25) is 0 Å². The molecular formula is C6H13O3P. The van der Waals surface area contributed by atoms with Crippen LogP contribution in [0, 0.1) is 0 Å². The van der Waals surface area contributed by atoms with E-state index in [9.17, 15) is 4.57 Å². The highest BCUT2D eigenvalue weighted by molar-refractivity contribution is 7.53. The summed E-state index contributed by atoms with van der Waals surface area (Å²) in [5, 5.41) is 0. The highest BCUT2D eigenvalue weighted by Crippen LogP contribution is 2.47. The summed E-state index contributed by atoms with van der Waals surface area (Å²) in [6.07, 6.45) is 2.37. The lowest BCUT2D eigenvalue weighted by molar-refractivity contribution is 0.299. The van der Waals surface area contributed by atoms with Gasteiger partial charge >= 0.3 is 7.60 Å². The molecule has 0 saturated heterocycles. The number of rotatable bonds is 5. The zero-order valence-electron chi connectivity index (χ0n) is 6.37. The summed E-state index contributed by atoms with van der Waals surface area (Å²) in [4.78, 5) is 0. The molecule has 0 heterocycles. The monoisotopic (exact) mass is 164 g/mol. The fraction of sp³-hybridized carbons (Fsp3) is 0.667. The van der Waals surface area contributed by atoms with Gasteiger partial charge in [-0.2, -0.15) is 0 Å². The van der Waals surface area contributed by atoms with E-state index in [2.05, 4.69) is 11.1 Å². The molecule has 0 aromatic rings. The third-order valence-electron chi connectivity index (χ3n) is 1.01. The maximum Gasteiger partial charge on any atom is 0.378 e. The molecule has 0 radical (unpaired) electrons. The fourth-order valence-corrected chi connectivity index (χ4v) is 1.72. The highest BCUT2D eigenvalue weighted by atomic mass is 31.2. The van der Waals surface area contributed by atoms with E-state index < -0.39 is 7.60 Å². The molecule has 0 aliphatic rings. The lowest BCUT2D eigenvalue weighted by atomic mass is 10.6. The van der Waals surface area contributed by atoms with E-state index in [1.807, 2.05) is 6.92 Å². The summed E-state index contributed by atoms with van der Waals surface area (Å²) in [6, 6.07) is 0. The van der Waals surface area contributed by atoms with E-state index in [0.29, 0.717) is 6.16 Å². The molecule has 0 aromatic carbocycles. The molecule has 0 aliphatic carbocycles. The lowest BCUT2D eigenvalue weighted by Gasteiger charge is -2.12. The van der Waals surface area contributed by atoms with Gasteiger partial charge < -0.3 is 9.05 Å². The van der Waals surface area contributed by atoms with Crippen molar-refractivity contribution >= 4 is 7.60 Å². The van der Waals surface area contributed by atoms with Gasteiger partial charge in [0.1, 0.15) is 0 Å². The van der Waals surface area contributed by atoms with Crippen LogP contribution >= 0.6 is 7.60 Å². The molecule has 1 unspecified atom stereocenters. The summed E-state index contributed by atoms with van der Waals surface area (Å²) in [6.45, 7) is 5.22. The summed E-state index contributed by atoms with van der Waals surface area (Å²) < 4.78 is 20.7. The first-order valence-electron chi connectivity index (χ1n) is 3.12. The standard InChI is InChI=1S/C6H13O3P/c1-4-6-10(7,8-3)9-5-2/h5H,2,4,6H2,1,3H3. The predicted molar refractivity (Wildman–Crippen MR) is 41.1 cm³/mol. The van der Waals surface area contributed by atoms with Crippen molar-refractivity contribution < 1.29 is 13.6 Å². The second-order valence-corrected chi connectivity index (χ2v) is 4.03. The topological polar surface area (TPSA) is 35.5 Å². The van der Waals surface area contributed by atoms with Crippen LogP contribution in [0.3, 0.4) is 0 Å². The van der Waals surface area contributed by atoms with Gasteiger partial charge in [0, 0.05) is 7.11 Å². The quantitative estimate of drug-likeness (QED) is 0.462. The molecule has 0 amide bonds. The van der Waals surface area contributed by atoms with Crippen LogP contribution in [0.1, 0.15) is 13.3 Å². The molecule has 0 aliphatic heterocycles. The van der Waals surface area contributed by atoms with Crippen LogP contribution in [0.4, 0.5) is 0 Å². The Morgan fingerprint density at radius 2 is 2.30 bits per heavy atom. The molecule has 4 heteroatoms. The average Bonchev–Trinajstić information content (AvgIpc) is 1.89. The first kappa shape index (κ1) is 9.73. The van der Waals surface area contributed by atoms with Crippen molar-refractivity contribution in [2.75, 3.05) is 13.3 Å². The van der Waals surface area contributed by atoms with Gasteiger partial charge in [0.25, 0.3) is 0 Å².